The number of nitrogens with zero attached hydrogens (tertiary/aromatic N) is 1. The van der Waals surface area contributed by atoms with Gasteiger partial charge >= 0.3 is 0 Å². The Bertz CT molecular complexity index is 315. The van der Waals surface area contributed by atoms with Gasteiger partial charge in [-0.25, -0.2) is 4.67 Å². The molecule has 0 saturated carbocycles. The maximum atomic E-state index is 12.8. The number of rotatable bonds is 6. The van der Waals surface area contributed by atoms with Crippen LogP contribution in [-0.4, -0.2) is 30.5 Å². The van der Waals surface area contributed by atoms with Crippen molar-refractivity contribution >= 4 is 7.52 Å². The van der Waals surface area contributed by atoms with Gasteiger partial charge < -0.3 is 4.52 Å². The van der Waals surface area contributed by atoms with Crippen LogP contribution >= 0.6 is 7.52 Å². The van der Waals surface area contributed by atoms with Crippen molar-refractivity contribution in [2.24, 2.45) is 10.8 Å². The average Bonchev–Trinajstić information content (AvgIpc) is 2.09. The molecule has 0 aromatic rings. The van der Waals surface area contributed by atoms with E-state index in [0.29, 0.717) is 6.61 Å². The molecule has 0 N–H and O–H groups in total. The van der Waals surface area contributed by atoms with Crippen molar-refractivity contribution in [3.8, 4) is 0 Å². The molecule has 19 heavy (non-hydrogen) atoms. The van der Waals surface area contributed by atoms with Crippen LogP contribution in [0.2, 0.25) is 0 Å². The molecule has 0 aliphatic heterocycles. The highest BCUT2D eigenvalue weighted by Gasteiger charge is 2.34. The lowest BCUT2D eigenvalue weighted by Crippen LogP contribution is -2.39. The van der Waals surface area contributed by atoms with Crippen LogP contribution in [0.5, 0.6) is 0 Å². The van der Waals surface area contributed by atoms with Crippen LogP contribution in [0.1, 0.15) is 61.8 Å². The smallest absolute Gasteiger partial charge is 0.269 e. The zero-order valence-corrected chi connectivity index (χ0v) is 15.3. The molecule has 2 atom stereocenters. The van der Waals surface area contributed by atoms with Crippen LogP contribution in [0.4, 0.5) is 0 Å². The second-order valence-corrected chi connectivity index (χ2v) is 10.4. The van der Waals surface area contributed by atoms with Crippen molar-refractivity contribution in [3.63, 3.8) is 0 Å². The van der Waals surface area contributed by atoms with Gasteiger partial charge in [-0.2, -0.15) is 0 Å². The normalized spacial score (nSPS) is 18.4. The second kappa shape index (κ2) is 6.74. The molecule has 0 heterocycles. The molecule has 0 aliphatic carbocycles. The minimum Gasteiger partial charge on any atom is -0.318 e. The van der Waals surface area contributed by atoms with Crippen LogP contribution in [0.25, 0.3) is 0 Å². The lowest BCUT2D eigenvalue weighted by molar-refractivity contribution is 0.167. The fraction of sp³-hybridized carbons (Fsp3) is 1.00. The van der Waals surface area contributed by atoms with Crippen molar-refractivity contribution in [3.05, 3.63) is 0 Å². The summed E-state index contributed by atoms with van der Waals surface area (Å²) in [6.07, 6.45) is 1.01. The third kappa shape index (κ3) is 8.12. The highest BCUT2D eigenvalue weighted by molar-refractivity contribution is 7.55. The fourth-order valence-electron chi connectivity index (χ4n) is 2.43. The zero-order chi connectivity index (χ0) is 15.5. The van der Waals surface area contributed by atoms with E-state index in [1.165, 1.54) is 0 Å². The second-order valence-electron chi connectivity index (χ2n) is 7.99. The highest BCUT2D eigenvalue weighted by atomic mass is 31.2. The lowest BCUT2D eigenvalue weighted by atomic mass is 9.88. The molecule has 0 spiro atoms. The molecule has 0 amide bonds. The van der Waals surface area contributed by atoms with E-state index in [-0.39, 0.29) is 16.9 Å². The van der Waals surface area contributed by atoms with Crippen molar-refractivity contribution in [1.29, 1.82) is 0 Å². The Hall–Kier alpha value is 0.150. The van der Waals surface area contributed by atoms with Gasteiger partial charge in [0.25, 0.3) is 7.52 Å². The molecule has 0 aromatic carbocycles. The van der Waals surface area contributed by atoms with Gasteiger partial charge in [-0.3, -0.25) is 4.57 Å². The van der Waals surface area contributed by atoms with Crippen molar-refractivity contribution < 1.29 is 9.09 Å². The Morgan fingerprint density at radius 2 is 1.58 bits per heavy atom. The van der Waals surface area contributed by atoms with E-state index in [0.717, 1.165) is 13.0 Å². The lowest BCUT2D eigenvalue weighted by Gasteiger charge is -2.40. The van der Waals surface area contributed by atoms with Gasteiger partial charge in [0.2, 0.25) is 0 Å². The largest absolute Gasteiger partial charge is 0.318 e. The quantitative estimate of drug-likeness (QED) is 0.644. The summed E-state index contributed by atoms with van der Waals surface area (Å²) in [5, 5.41) is 0. The van der Waals surface area contributed by atoms with Gasteiger partial charge in [0.1, 0.15) is 0 Å². The van der Waals surface area contributed by atoms with Gasteiger partial charge in [0.15, 0.2) is 0 Å². The summed E-state index contributed by atoms with van der Waals surface area (Å²) in [5.74, 6) is 0. The molecule has 0 radical (unpaired) electrons. The molecule has 0 rings (SSSR count). The molecule has 2 unspecified atom stereocenters. The molecule has 0 bridgehead atoms. The Morgan fingerprint density at radius 3 is 1.89 bits per heavy atom. The molecule has 0 saturated heterocycles. The van der Waals surface area contributed by atoms with Crippen LogP contribution in [0.3, 0.4) is 0 Å². The first-order valence-electron chi connectivity index (χ1n) is 7.28. The first-order valence-corrected chi connectivity index (χ1v) is 9.30. The van der Waals surface area contributed by atoms with E-state index in [9.17, 15) is 4.57 Å². The molecule has 0 fully saturated rings. The van der Waals surface area contributed by atoms with Gasteiger partial charge in [-0.05, 0) is 31.1 Å². The molecule has 3 nitrogen and oxygen atoms in total. The zero-order valence-electron chi connectivity index (χ0n) is 14.4. The Labute approximate surface area is 120 Å². The third-order valence-electron chi connectivity index (χ3n) is 2.89. The Balaban J connectivity index is 5.12. The van der Waals surface area contributed by atoms with E-state index in [1.807, 2.05) is 6.92 Å². The molecular weight excluding hydrogens is 257 g/mol. The minimum absolute atomic E-state index is 0.106. The predicted molar refractivity (Wildman–Crippen MR) is 84.9 cm³/mol. The summed E-state index contributed by atoms with van der Waals surface area (Å²) in [5.41, 5.74) is 0.330. The molecule has 0 aliphatic rings. The Morgan fingerprint density at radius 1 is 1.11 bits per heavy atom. The van der Waals surface area contributed by atoms with Gasteiger partial charge in [0, 0.05) is 19.3 Å². The number of hydrogen-bond donors (Lipinski definition) is 0. The summed E-state index contributed by atoms with van der Waals surface area (Å²) >= 11 is 0. The standard InChI is InChI=1S/C15H34NO2P/c1-10-18-19(9,17)16(12-15(6,7)8)13(2)11-14(3,4)5/h13H,10-12H2,1-9H3. The van der Waals surface area contributed by atoms with E-state index in [2.05, 4.69) is 53.1 Å². The van der Waals surface area contributed by atoms with Crippen LogP contribution in [0.15, 0.2) is 0 Å². The van der Waals surface area contributed by atoms with Crippen LogP contribution in [-0.2, 0) is 9.09 Å². The van der Waals surface area contributed by atoms with E-state index in [1.54, 1.807) is 6.66 Å². The first kappa shape index (κ1) is 19.1. The maximum Gasteiger partial charge on any atom is 0.269 e. The van der Waals surface area contributed by atoms with E-state index in [4.69, 9.17) is 4.52 Å². The SMILES string of the molecule is CCOP(C)(=O)N(CC(C)(C)C)C(C)CC(C)(C)C. The van der Waals surface area contributed by atoms with Crippen LogP contribution < -0.4 is 0 Å². The van der Waals surface area contributed by atoms with Crippen molar-refractivity contribution in [1.82, 2.24) is 4.67 Å². The Kier molecular flexibility index (Phi) is 6.79. The van der Waals surface area contributed by atoms with E-state index < -0.39 is 7.52 Å². The summed E-state index contributed by atoms with van der Waals surface area (Å²) < 4.78 is 20.5. The molecular formula is C15H34NO2P. The highest BCUT2D eigenvalue weighted by Crippen LogP contribution is 2.50. The van der Waals surface area contributed by atoms with Gasteiger partial charge in [-0.1, -0.05) is 41.5 Å². The predicted octanol–water partition coefficient (Wildman–Crippen LogP) is 5.02. The van der Waals surface area contributed by atoms with E-state index >= 15 is 0 Å². The topological polar surface area (TPSA) is 29.5 Å². The van der Waals surface area contributed by atoms with Gasteiger partial charge in [0.05, 0.1) is 6.61 Å². The minimum atomic E-state index is -2.71. The summed E-state index contributed by atoms with van der Waals surface area (Å²) in [7, 11) is -2.71. The molecule has 116 valence electrons. The van der Waals surface area contributed by atoms with Crippen LogP contribution in [0, 0.1) is 10.8 Å². The fourth-order valence-corrected chi connectivity index (χ4v) is 4.54. The molecule has 4 heteroatoms. The van der Waals surface area contributed by atoms with Crippen molar-refractivity contribution in [2.75, 3.05) is 19.8 Å². The maximum absolute atomic E-state index is 12.8. The third-order valence-corrected chi connectivity index (χ3v) is 5.09. The van der Waals surface area contributed by atoms with Gasteiger partial charge in [-0.15, -0.1) is 0 Å². The average molecular weight is 291 g/mol. The summed E-state index contributed by atoms with van der Waals surface area (Å²) in [6, 6.07) is 0.251. The number of hydrogen-bond acceptors (Lipinski definition) is 2. The monoisotopic (exact) mass is 291 g/mol. The molecule has 0 aromatic heterocycles. The first-order chi connectivity index (χ1) is 8.28. The van der Waals surface area contributed by atoms with Crippen molar-refractivity contribution in [2.45, 2.75) is 67.9 Å². The summed E-state index contributed by atoms with van der Waals surface area (Å²) in [4.78, 5) is 0. The summed E-state index contributed by atoms with van der Waals surface area (Å²) in [6.45, 7) is 20.3.